The molecule has 1 aromatic carbocycles. The Morgan fingerprint density at radius 3 is 2.09 bits per heavy atom. The number of unbranched alkanes of at least 4 members (excludes halogenated alkanes) is 2. The van der Waals surface area contributed by atoms with E-state index in [0.717, 1.165) is 25.3 Å². The average molecular weight is 322 g/mol. The summed E-state index contributed by atoms with van der Waals surface area (Å²) in [5, 5.41) is 14.8. The highest BCUT2D eigenvalue weighted by molar-refractivity contribution is 6.27. The molecule has 126 valence electrons. The summed E-state index contributed by atoms with van der Waals surface area (Å²) < 4.78 is 5.60. The lowest BCUT2D eigenvalue weighted by molar-refractivity contribution is -0.159. The maximum Gasteiger partial charge on any atom is 0.414 e. The summed E-state index contributed by atoms with van der Waals surface area (Å²) in [6.45, 7) is 8.74. The number of hydrogen-bond donors (Lipinski definition) is 2. The third-order valence-corrected chi connectivity index (χ3v) is 2.67. The van der Waals surface area contributed by atoms with Crippen LogP contribution in [0.4, 0.5) is 5.69 Å². The van der Waals surface area contributed by atoms with E-state index in [-0.39, 0.29) is 0 Å². The maximum absolute atomic E-state index is 9.10. The quantitative estimate of drug-likeness (QED) is 0.455. The number of carboxylic acid groups (broad SMARTS) is 2. The molecule has 0 saturated carbocycles. The molecule has 1 aromatic rings. The van der Waals surface area contributed by atoms with Gasteiger partial charge in [-0.1, -0.05) is 12.1 Å². The van der Waals surface area contributed by atoms with E-state index >= 15 is 0 Å². The molecule has 0 atom stereocenters. The lowest BCUT2D eigenvalue weighted by Crippen LogP contribution is -2.12. The monoisotopic (exact) mass is 322 g/mol. The van der Waals surface area contributed by atoms with Gasteiger partial charge >= 0.3 is 11.9 Å². The van der Waals surface area contributed by atoms with Crippen molar-refractivity contribution in [2.24, 2.45) is 0 Å². The second-order valence-corrected chi connectivity index (χ2v) is 4.93. The SMILES string of the molecule is O=C(O)C(=O)O.[C-]#[N+]c1ccc(OCCCCCN(C)C)cc1. The van der Waals surface area contributed by atoms with Gasteiger partial charge in [0.25, 0.3) is 0 Å². The van der Waals surface area contributed by atoms with Gasteiger partial charge in [-0.25, -0.2) is 14.4 Å². The van der Waals surface area contributed by atoms with E-state index in [1.165, 1.54) is 12.8 Å². The van der Waals surface area contributed by atoms with Crippen molar-refractivity contribution in [1.29, 1.82) is 0 Å². The number of carboxylic acids is 2. The number of rotatable bonds is 7. The Balaban J connectivity index is 0.000000688. The summed E-state index contributed by atoms with van der Waals surface area (Å²) in [5.74, 6) is -2.80. The molecule has 7 nitrogen and oxygen atoms in total. The molecule has 7 heteroatoms. The Labute approximate surface area is 135 Å². The fourth-order valence-electron chi connectivity index (χ4n) is 1.51. The van der Waals surface area contributed by atoms with Gasteiger partial charge in [-0.3, -0.25) is 0 Å². The molecular formula is C16H22N2O5. The van der Waals surface area contributed by atoms with Gasteiger partial charge in [-0.2, -0.15) is 0 Å². The highest BCUT2D eigenvalue weighted by Gasteiger charge is 2.04. The molecule has 2 N–H and O–H groups in total. The normalized spacial score (nSPS) is 9.48. The van der Waals surface area contributed by atoms with Gasteiger partial charge in [0.15, 0.2) is 5.69 Å². The summed E-state index contributed by atoms with van der Waals surface area (Å²) in [7, 11) is 4.19. The second kappa shape index (κ2) is 12.0. The Morgan fingerprint density at radius 2 is 1.65 bits per heavy atom. The number of benzene rings is 1. The minimum atomic E-state index is -1.82. The van der Waals surface area contributed by atoms with Crippen LogP contribution in [0.1, 0.15) is 19.3 Å². The number of carbonyl (C=O) groups is 2. The van der Waals surface area contributed by atoms with Crippen molar-refractivity contribution in [3.05, 3.63) is 35.7 Å². The van der Waals surface area contributed by atoms with Crippen molar-refractivity contribution in [2.45, 2.75) is 19.3 Å². The Hall–Kier alpha value is -2.59. The van der Waals surface area contributed by atoms with Gasteiger partial charge in [0, 0.05) is 0 Å². The first-order valence-electron chi connectivity index (χ1n) is 7.08. The second-order valence-electron chi connectivity index (χ2n) is 4.93. The predicted octanol–water partition coefficient (Wildman–Crippen LogP) is 2.50. The average Bonchev–Trinajstić information content (AvgIpc) is 2.51. The molecule has 0 amide bonds. The molecule has 0 saturated heterocycles. The van der Waals surface area contributed by atoms with Crippen LogP contribution in [-0.4, -0.2) is 54.3 Å². The van der Waals surface area contributed by atoms with Crippen molar-refractivity contribution < 1.29 is 24.5 Å². The van der Waals surface area contributed by atoms with Crippen molar-refractivity contribution >= 4 is 17.6 Å². The summed E-state index contributed by atoms with van der Waals surface area (Å²) in [4.78, 5) is 23.7. The number of ether oxygens (including phenoxy) is 1. The van der Waals surface area contributed by atoms with Crippen molar-refractivity contribution in [1.82, 2.24) is 4.90 Å². The van der Waals surface area contributed by atoms with Gasteiger partial charge in [-0.15, -0.1) is 0 Å². The van der Waals surface area contributed by atoms with E-state index < -0.39 is 11.9 Å². The zero-order chi connectivity index (χ0) is 17.7. The lowest BCUT2D eigenvalue weighted by Gasteiger charge is -2.09. The van der Waals surface area contributed by atoms with Crippen LogP contribution in [0.25, 0.3) is 4.85 Å². The van der Waals surface area contributed by atoms with E-state index in [2.05, 4.69) is 23.8 Å². The lowest BCUT2D eigenvalue weighted by atomic mass is 10.2. The summed E-state index contributed by atoms with van der Waals surface area (Å²) >= 11 is 0. The topological polar surface area (TPSA) is 91.4 Å². The predicted molar refractivity (Wildman–Crippen MR) is 85.9 cm³/mol. The molecule has 0 heterocycles. The molecule has 0 aliphatic rings. The number of nitrogens with zero attached hydrogens (tertiary/aromatic N) is 2. The van der Waals surface area contributed by atoms with Crippen molar-refractivity contribution in [3.8, 4) is 5.75 Å². The molecule has 0 radical (unpaired) electrons. The fraction of sp³-hybridized carbons (Fsp3) is 0.438. The maximum atomic E-state index is 9.10. The van der Waals surface area contributed by atoms with Crippen LogP contribution in [0.5, 0.6) is 5.75 Å². The van der Waals surface area contributed by atoms with Crippen LogP contribution in [0.3, 0.4) is 0 Å². The van der Waals surface area contributed by atoms with Crippen LogP contribution in [0.2, 0.25) is 0 Å². The fourth-order valence-corrected chi connectivity index (χ4v) is 1.51. The molecule has 0 bridgehead atoms. The number of hydrogen-bond acceptors (Lipinski definition) is 4. The Morgan fingerprint density at radius 1 is 1.09 bits per heavy atom. The molecule has 0 fully saturated rings. The number of aliphatic carboxylic acids is 2. The highest BCUT2D eigenvalue weighted by atomic mass is 16.5. The summed E-state index contributed by atoms with van der Waals surface area (Å²) in [5.41, 5.74) is 0.656. The first kappa shape index (κ1) is 20.4. The highest BCUT2D eigenvalue weighted by Crippen LogP contribution is 2.17. The van der Waals surface area contributed by atoms with Crippen LogP contribution in [0, 0.1) is 6.57 Å². The standard InChI is InChI=1S/C14H20N2O.C2H2O4/c1-15-13-7-9-14(10-8-13)17-12-6-4-5-11-16(2)3;3-1(4)2(5)6/h7-10H,4-6,11-12H2,2-3H3;(H,3,4)(H,5,6). The van der Waals surface area contributed by atoms with Crippen LogP contribution >= 0.6 is 0 Å². The van der Waals surface area contributed by atoms with Gasteiger partial charge in [0.1, 0.15) is 5.75 Å². The van der Waals surface area contributed by atoms with Gasteiger partial charge in [0.05, 0.1) is 13.2 Å². The van der Waals surface area contributed by atoms with Crippen molar-refractivity contribution in [3.63, 3.8) is 0 Å². The van der Waals surface area contributed by atoms with E-state index in [9.17, 15) is 0 Å². The minimum Gasteiger partial charge on any atom is -0.494 e. The van der Waals surface area contributed by atoms with Gasteiger partial charge in [-0.05, 0) is 52.0 Å². The van der Waals surface area contributed by atoms with Gasteiger partial charge in [0.2, 0.25) is 0 Å². The molecule has 0 spiro atoms. The zero-order valence-corrected chi connectivity index (χ0v) is 13.4. The van der Waals surface area contributed by atoms with E-state index in [1.807, 2.05) is 12.1 Å². The van der Waals surface area contributed by atoms with E-state index in [0.29, 0.717) is 5.69 Å². The zero-order valence-electron chi connectivity index (χ0n) is 13.4. The molecule has 23 heavy (non-hydrogen) atoms. The van der Waals surface area contributed by atoms with Crippen LogP contribution < -0.4 is 4.74 Å². The van der Waals surface area contributed by atoms with E-state index in [1.54, 1.807) is 12.1 Å². The third kappa shape index (κ3) is 11.7. The molecule has 0 aliphatic heterocycles. The Kier molecular flexibility index (Phi) is 10.7. The van der Waals surface area contributed by atoms with Gasteiger partial charge < -0.3 is 19.8 Å². The van der Waals surface area contributed by atoms with Crippen molar-refractivity contribution in [2.75, 3.05) is 27.2 Å². The minimum absolute atomic E-state index is 0.656. The largest absolute Gasteiger partial charge is 0.494 e. The van der Waals surface area contributed by atoms with Crippen LogP contribution in [0.15, 0.2) is 24.3 Å². The first-order chi connectivity index (χ1) is 10.9. The summed E-state index contributed by atoms with van der Waals surface area (Å²) in [6, 6.07) is 7.28. The molecule has 0 aromatic heterocycles. The third-order valence-electron chi connectivity index (χ3n) is 2.67. The van der Waals surface area contributed by atoms with Crippen LogP contribution in [-0.2, 0) is 9.59 Å². The molecule has 0 unspecified atom stereocenters. The molecular weight excluding hydrogens is 300 g/mol. The first-order valence-corrected chi connectivity index (χ1v) is 7.08. The Bertz CT molecular complexity index is 508. The van der Waals surface area contributed by atoms with E-state index in [4.69, 9.17) is 31.1 Å². The summed E-state index contributed by atoms with van der Waals surface area (Å²) in [6.07, 6.45) is 3.49. The molecule has 0 aliphatic carbocycles. The molecule has 1 rings (SSSR count). The smallest absolute Gasteiger partial charge is 0.414 e.